The Bertz CT molecular complexity index is 817. The molecule has 0 aliphatic heterocycles. The van der Waals surface area contributed by atoms with Gasteiger partial charge in [-0.05, 0) is 0 Å². The smallest absolute Gasteiger partial charge is 0.147 e. The maximum atomic E-state index is 2.90. The quantitative estimate of drug-likeness (QED) is 0.227. The van der Waals surface area contributed by atoms with Gasteiger partial charge in [-0.3, -0.25) is 0 Å². The monoisotopic (exact) mass is 662 g/mol. The zero-order valence-corrected chi connectivity index (χ0v) is 27.9. The maximum absolute atomic E-state index is 3.29. The number of hydrogen-bond acceptors (Lipinski definition) is 0. The molecule has 0 heterocycles. The predicted octanol–water partition coefficient (Wildman–Crippen LogP) is 9.74. The van der Waals surface area contributed by atoms with Crippen molar-refractivity contribution in [2.75, 3.05) is 0 Å². The molecule has 0 spiro atoms. The second-order valence-corrected chi connectivity index (χ2v) is 55.5. The summed E-state index contributed by atoms with van der Waals surface area (Å²) in [5.41, 5.74) is 11.3. The minimum absolute atomic E-state index is 0. The molecule has 0 saturated heterocycles. The van der Waals surface area contributed by atoms with Crippen molar-refractivity contribution in [3.8, 4) is 0 Å². The first-order valence-corrected chi connectivity index (χ1v) is 32.9. The first-order valence-electron chi connectivity index (χ1n) is 13.3. The van der Waals surface area contributed by atoms with Crippen LogP contribution in [0.2, 0.25) is 16.7 Å². The van der Waals surface area contributed by atoms with Gasteiger partial charge < -0.3 is 0 Å². The van der Waals surface area contributed by atoms with Gasteiger partial charge >= 0.3 is 190 Å². The van der Waals surface area contributed by atoms with Crippen LogP contribution >= 0.6 is 24.8 Å². The summed E-state index contributed by atoms with van der Waals surface area (Å²) >= 11 is -3.29. The minimum atomic E-state index is -3.29. The van der Waals surface area contributed by atoms with Crippen molar-refractivity contribution >= 4 is 31.8 Å². The van der Waals surface area contributed by atoms with Crippen molar-refractivity contribution in [2.45, 2.75) is 120 Å². The van der Waals surface area contributed by atoms with E-state index >= 15 is 0 Å². The Morgan fingerprint density at radius 1 is 0.719 bits per heavy atom. The minimum Gasteiger partial charge on any atom is -0.147 e. The summed E-state index contributed by atoms with van der Waals surface area (Å²) < 4.78 is 7.57. The van der Waals surface area contributed by atoms with E-state index < -0.39 is 17.1 Å². The third-order valence-corrected chi connectivity index (χ3v) is 34.3. The van der Waals surface area contributed by atoms with Gasteiger partial charge in [-0.2, -0.15) is 0 Å². The van der Waals surface area contributed by atoms with Gasteiger partial charge in [-0.1, -0.05) is 0 Å². The third-order valence-electron chi connectivity index (χ3n) is 8.80. The Morgan fingerprint density at radius 3 is 1.47 bits per heavy atom. The van der Waals surface area contributed by atoms with Gasteiger partial charge in [0.05, 0.1) is 0 Å². The van der Waals surface area contributed by atoms with E-state index in [0.29, 0.717) is 0 Å². The molecule has 0 aromatic carbocycles. The maximum Gasteiger partial charge on any atom is -0.147 e. The average molecular weight is 662 g/mol. The zero-order valence-electron chi connectivity index (χ0n) is 21.2. The van der Waals surface area contributed by atoms with Crippen molar-refractivity contribution < 1.29 is 17.1 Å². The van der Waals surface area contributed by atoms with Crippen LogP contribution in [0, 0.1) is 0 Å². The number of halogens is 2. The molecule has 32 heavy (non-hydrogen) atoms. The molecule has 0 N–H and O–H groups in total. The molecule has 0 amide bonds. The first kappa shape index (κ1) is 28.9. The van der Waals surface area contributed by atoms with Crippen LogP contribution in [0.3, 0.4) is 0 Å². The van der Waals surface area contributed by atoms with Crippen molar-refractivity contribution in [1.29, 1.82) is 0 Å². The van der Waals surface area contributed by atoms with E-state index in [0.717, 1.165) is 7.35 Å². The molecule has 2 atom stereocenters. The van der Waals surface area contributed by atoms with Crippen LogP contribution in [-0.2, 0) is 17.1 Å². The van der Waals surface area contributed by atoms with E-state index in [2.05, 4.69) is 42.3 Å². The summed E-state index contributed by atoms with van der Waals surface area (Å²) in [6, 6.07) is 0. The van der Waals surface area contributed by atoms with E-state index in [4.69, 9.17) is 0 Å². The van der Waals surface area contributed by atoms with E-state index in [1.807, 2.05) is 22.3 Å². The molecule has 0 bridgehead atoms. The topological polar surface area (TPSA) is 0 Å². The number of rotatable bonds is 8. The van der Waals surface area contributed by atoms with Crippen molar-refractivity contribution in [3.05, 3.63) is 45.6 Å². The molecule has 4 rings (SSSR count). The molecule has 0 fully saturated rings. The van der Waals surface area contributed by atoms with Gasteiger partial charge in [0.25, 0.3) is 0 Å². The number of allylic oxidation sites excluding steroid dienone is 8. The molecular formula is C28H48Cl2HfSi. The van der Waals surface area contributed by atoms with E-state index in [1.54, 1.807) is 11.1 Å². The Morgan fingerprint density at radius 2 is 1.09 bits per heavy atom. The summed E-state index contributed by atoms with van der Waals surface area (Å²) in [7, 11) is 0. The van der Waals surface area contributed by atoms with E-state index in [1.165, 1.54) is 89.9 Å². The van der Waals surface area contributed by atoms with Gasteiger partial charge in [0.2, 0.25) is 0 Å². The second-order valence-electron chi connectivity index (χ2n) is 12.0. The van der Waals surface area contributed by atoms with Gasteiger partial charge in [0.1, 0.15) is 0 Å². The predicted molar refractivity (Wildman–Crippen MR) is 148 cm³/mol. The summed E-state index contributed by atoms with van der Waals surface area (Å²) in [4.78, 5) is 0. The second kappa shape index (κ2) is 11.6. The van der Waals surface area contributed by atoms with Crippen LogP contribution in [0.5, 0.6) is 0 Å². The van der Waals surface area contributed by atoms with Crippen LogP contribution in [0.4, 0.5) is 0 Å². The summed E-state index contributed by atoms with van der Waals surface area (Å²) in [5, 5.41) is 0. The van der Waals surface area contributed by atoms with Crippen LogP contribution in [-0.4, -0.2) is 6.94 Å². The van der Waals surface area contributed by atoms with Crippen LogP contribution in [0.25, 0.3) is 0 Å². The Labute approximate surface area is 213 Å². The molecule has 2 unspecified atom stereocenters. The normalized spacial score (nSPS) is 25.5. The Balaban J connectivity index is 0.00000181. The summed E-state index contributed by atoms with van der Waals surface area (Å²) in [6.45, 7) is 7.35. The summed E-state index contributed by atoms with van der Waals surface area (Å²) in [5.74, 6) is 0. The largest absolute Gasteiger partial charge is 0.147 e. The van der Waals surface area contributed by atoms with Gasteiger partial charge in [0, 0.05) is 0 Å². The molecule has 0 radical (unpaired) electrons. The molecule has 4 aliphatic carbocycles. The molecule has 0 saturated carbocycles. The van der Waals surface area contributed by atoms with E-state index in [9.17, 15) is 0 Å². The number of unbranched alkanes of at least 4 members (excludes halogenated alkanes) is 2. The fraction of sp³-hybridized carbons (Fsp3) is 0.714. The average Bonchev–Trinajstić information content (AvgIpc) is 3.29. The van der Waals surface area contributed by atoms with Gasteiger partial charge in [-0.25, -0.2) is 0 Å². The zero-order chi connectivity index (χ0) is 21.4. The van der Waals surface area contributed by atoms with Crippen LogP contribution in [0.15, 0.2) is 45.6 Å². The first-order chi connectivity index (χ1) is 14.4. The van der Waals surface area contributed by atoms with Crippen molar-refractivity contribution in [2.24, 2.45) is 0 Å². The molecule has 182 valence electrons. The Kier molecular flexibility index (Phi) is 10.4. The van der Waals surface area contributed by atoms with Crippen molar-refractivity contribution in [3.63, 3.8) is 0 Å². The third kappa shape index (κ3) is 5.39. The summed E-state index contributed by atoms with van der Waals surface area (Å²) in [6.07, 6.45) is 24.9. The van der Waals surface area contributed by atoms with Gasteiger partial charge in [0.15, 0.2) is 0 Å². The van der Waals surface area contributed by atoms with Crippen molar-refractivity contribution in [1.82, 2.24) is 0 Å². The molecule has 0 aromatic rings. The molecular weight excluding hydrogens is 614 g/mol. The fourth-order valence-electron chi connectivity index (χ4n) is 7.68. The van der Waals surface area contributed by atoms with Gasteiger partial charge in [-0.15, -0.1) is 24.8 Å². The van der Waals surface area contributed by atoms with E-state index in [-0.39, 0.29) is 24.8 Å². The molecule has 4 heteroatoms. The van der Waals surface area contributed by atoms with Crippen LogP contribution in [0.1, 0.15) is 104 Å². The Hall–Kier alpha value is 0.627. The molecule has 4 aliphatic rings. The fourth-order valence-corrected chi connectivity index (χ4v) is 38.2. The van der Waals surface area contributed by atoms with Crippen LogP contribution < -0.4 is 0 Å². The SMILES string of the molecule is CCCCC1=CC2=C(CCCC2)[CH]1[Hf]([CH3])([CH3])(=[SiH2])[CH]1C(CCCC)=CC2=C1CCCC2.Cl.Cl. The molecule has 0 aromatic heterocycles. The molecule has 0 nitrogen and oxygen atoms in total. The standard InChI is InChI=1S/2C13H19.2CH3.2ClH.Hf.H2Si/c2*1-2-3-6-11-9-12-7-4-5-8-13(12)10-11;;;;;;/h2*9-10H,2-8H2,1H3;2*1H3;2*1H;;1H2. The number of hydrogen-bond donors (Lipinski definition) is 0.